The van der Waals surface area contributed by atoms with Crippen LogP contribution in [0.2, 0.25) is 5.02 Å². The van der Waals surface area contributed by atoms with Crippen LogP contribution in [0.5, 0.6) is 5.75 Å². The summed E-state index contributed by atoms with van der Waals surface area (Å²) < 4.78 is 0. The van der Waals surface area contributed by atoms with Crippen molar-refractivity contribution in [2.75, 3.05) is 23.3 Å². The number of nitrogens with zero attached hydrogens (tertiary/aromatic N) is 2. The van der Waals surface area contributed by atoms with Gasteiger partial charge in [-0.15, -0.1) is 0 Å². The lowest BCUT2D eigenvalue weighted by atomic mass is 10.1. The van der Waals surface area contributed by atoms with E-state index in [9.17, 15) is 14.7 Å². The number of benzene rings is 1. The van der Waals surface area contributed by atoms with Crippen molar-refractivity contribution in [2.45, 2.75) is 12.5 Å². The van der Waals surface area contributed by atoms with Gasteiger partial charge in [0.1, 0.15) is 11.6 Å². The zero-order valence-corrected chi connectivity index (χ0v) is 15.2. The molecule has 0 spiro atoms. The number of halogens is 1. The zero-order valence-electron chi connectivity index (χ0n) is 14.5. The molecule has 0 aliphatic carbocycles. The van der Waals surface area contributed by atoms with Gasteiger partial charge in [0.25, 0.3) is 5.91 Å². The van der Waals surface area contributed by atoms with Crippen LogP contribution in [-0.2, 0) is 4.79 Å². The number of aromatic hydroxyl groups is 1. The SMILES string of the molecule is C=CC(=O)Nc1ccc(O)c(C(=O)NC2CCN(c3ncccc3Cl)C2)c1. The van der Waals surface area contributed by atoms with E-state index >= 15 is 0 Å². The Morgan fingerprint density at radius 2 is 2.19 bits per heavy atom. The fraction of sp³-hybridized carbons (Fsp3) is 0.211. The topological polar surface area (TPSA) is 94.6 Å². The summed E-state index contributed by atoms with van der Waals surface area (Å²) in [5, 5.41) is 16.0. The van der Waals surface area contributed by atoms with E-state index in [1.807, 2.05) is 4.90 Å². The van der Waals surface area contributed by atoms with E-state index in [4.69, 9.17) is 11.6 Å². The minimum atomic E-state index is -0.416. The summed E-state index contributed by atoms with van der Waals surface area (Å²) in [5.41, 5.74) is 0.488. The van der Waals surface area contributed by atoms with Crippen molar-refractivity contribution in [3.8, 4) is 5.75 Å². The Balaban J connectivity index is 1.67. The first-order valence-electron chi connectivity index (χ1n) is 8.40. The lowest BCUT2D eigenvalue weighted by Crippen LogP contribution is -2.37. The normalized spacial score (nSPS) is 16.0. The minimum absolute atomic E-state index is 0.0891. The fourth-order valence-electron chi connectivity index (χ4n) is 2.93. The third-order valence-corrected chi connectivity index (χ3v) is 4.55. The van der Waals surface area contributed by atoms with Crippen LogP contribution >= 0.6 is 11.6 Å². The largest absolute Gasteiger partial charge is 0.507 e. The number of carbonyl (C=O) groups excluding carboxylic acids is 2. The maximum Gasteiger partial charge on any atom is 0.255 e. The monoisotopic (exact) mass is 386 g/mol. The van der Waals surface area contributed by atoms with E-state index in [0.29, 0.717) is 29.6 Å². The van der Waals surface area contributed by atoms with Crippen LogP contribution < -0.4 is 15.5 Å². The molecular weight excluding hydrogens is 368 g/mol. The molecule has 2 aromatic rings. The molecule has 8 heteroatoms. The number of amides is 2. The van der Waals surface area contributed by atoms with Gasteiger partial charge >= 0.3 is 0 Å². The molecule has 2 amide bonds. The molecule has 0 radical (unpaired) electrons. The fourth-order valence-corrected chi connectivity index (χ4v) is 3.17. The molecule has 3 N–H and O–H groups in total. The van der Waals surface area contributed by atoms with E-state index in [-0.39, 0.29) is 17.4 Å². The van der Waals surface area contributed by atoms with Crippen molar-refractivity contribution in [1.82, 2.24) is 10.3 Å². The summed E-state index contributed by atoms with van der Waals surface area (Å²) in [4.78, 5) is 30.3. The van der Waals surface area contributed by atoms with Gasteiger partial charge < -0.3 is 20.6 Å². The van der Waals surface area contributed by atoms with E-state index in [2.05, 4.69) is 22.2 Å². The van der Waals surface area contributed by atoms with E-state index < -0.39 is 11.8 Å². The number of phenols is 1. The number of nitrogens with one attached hydrogen (secondary N) is 2. The number of pyridine rings is 1. The molecule has 140 valence electrons. The first kappa shape index (κ1) is 18.7. The summed E-state index contributed by atoms with van der Waals surface area (Å²) in [7, 11) is 0. The summed E-state index contributed by atoms with van der Waals surface area (Å²) in [6, 6.07) is 7.73. The molecule has 2 heterocycles. The number of hydrogen-bond donors (Lipinski definition) is 3. The average molecular weight is 387 g/mol. The predicted octanol–water partition coefficient (Wildman–Crippen LogP) is 2.57. The van der Waals surface area contributed by atoms with Gasteiger partial charge in [-0.25, -0.2) is 4.98 Å². The number of hydrogen-bond acceptors (Lipinski definition) is 5. The van der Waals surface area contributed by atoms with E-state index in [0.717, 1.165) is 12.5 Å². The summed E-state index contributed by atoms with van der Waals surface area (Å²) >= 11 is 6.18. The number of carbonyl (C=O) groups is 2. The highest BCUT2D eigenvalue weighted by molar-refractivity contribution is 6.32. The van der Waals surface area contributed by atoms with Gasteiger partial charge in [-0.3, -0.25) is 9.59 Å². The minimum Gasteiger partial charge on any atom is -0.507 e. The molecular formula is C19H19ClN4O3. The molecule has 1 aliphatic rings. The third kappa shape index (κ3) is 4.38. The van der Waals surface area contributed by atoms with Crippen LogP contribution in [0.3, 0.4) is 0 Å². The van der Waals surface area contributed by atoms with Crippen molar-refractivity contribution >= 4 is 34.9 Å². The second-order valence-corrected chi connectivity index (χ2v) is 6.55. The first-order chi connectivity index (χ1) is 13.0. The Kier molecular flexibility index (Phi) is 5.61. The molecule has 1 saturated heterocycles. The quantitative estimate of drug-likeness (QED) is 0.542. The van der Waals surface area contributed by atoms with Crippen molar-refractivity contribution < 1.29 is 14.7 Å². The van der Waals surface area contributed by atoms with Crippen molar-refractivity contribution in [1.29, 1.82) is 0 Å². The van der Waals surface area contributed by atoms with Crippen molar-refractivity contribution in [3.05, 3.63) is 59.8 Å². The van der Waals surface area contributed by atoms with Gasteiger partial charge in [-0.2, -0.15) is 0 Å². The molecule has 1 unspecified atom stereocenters. The highest BCUT2D eigenvalue weighted by Gasteiger charge is 2.27. The highest BCUT2D eigenvalue weighted by Crippen LogP contribution is 2.26. The summed E-state index contributed by atoms with van der Waals surface area (Å²) in [6.07, 6.45) is 3.53. The Morgan fingerprint density at radius 3 is 2.93 bits per heavy atom. The molecule has 7 nitrogen and oxygen atoms in total. The smallest absolute Gasteiger partial charge is 0.255 e. The van der Waals surface area contributed by atoms with Crippen LogP contribution in [0.4, 0.5) is 11.5 Å². The molecule has 0 bridgehead atoms. The highest BCUT2D eigenvalue weighted by atomic mass is 35.5. The van der Waals surface area contributed by atoms with Gasteiger partial charge in [-0.05, 0) is 42.8 Å². The summed E-state index contributed by atoms with van der Waals surface area (Å²) in [5.74, 6) is -0.286. The molecule has 1 atom stereocenters. The molecule has 27 heavy (non-hydrogen) atoms. The maximum atomic E-state index is 12.6. The molecule has 1 aromatic heterocycles. The lowest BCUT2D eigenvalue weighted by molar-refractivity contribution is -0.111. The average Bonchev–Trinajstić information content (AvgIpc) is 3.11. The molecule has 1 fully saturated rings. The third-order valence-electron chi connectivity index (χ3n) is 4.26. The van der Waals surface area contributed by atoms with Crippen molar-refractivity contribution in [3.63, 3.8) is 0 Å². The number of phenolic OH excluding ortho intramolecular Hbond substituents is 1. The Labute approximate surface area is 161 Å². The Hall–Kier alpha value is -3.06. The lowest BCUT2D eigenvalue weighted by Gasteiger charge is -2.19. The number of rotatable bonds is 5. The molecule has 1 aromatic carbocycles. The molecule has 0 saturated carbocycles. The zero-order chi connectivity index (χ0) is 19.4. The second kappa shape index (κ2) is 8.09. The Bertz CT molecular complexity index is 887. The van der Waals surface area contributed by atoms with Crippen LogP contribution in [0.15, 0.2) is 49.2 Å². The first-order valence-corrected chi connectivity index (χ1v) is 8.78. The summed E-state index contributed by atoms with van der Waals surface area (Å²) in [6.45, 7) is 4.66. The van der Waals surface area contributed by atoms with Gasteiger partial charge in [0.15, 0.2) is 0 Å². The predicted molar refractivity (Wildman–Crippen MR) is 104 cm³/mol. The Morgan fingerprint density at radius 1 is 1.37 bits per heavy atom. The number of aromatic nitrogens is 1. The van der Waals surface area contributed by atoms with Crippen LogP contribution in [0.1, 0.15) is 16.8 Å². The van der Waals surface area contributed by atoms with Gasteiger partial charge in [0.2, 0.25) is 5.91 Å². The standard InChI is InChI=1S/C19H19ClN4O3/c1-2-17(26)22-12-5-6-16(25)14(10-12)19(27)23-13-7-9-24(11-13)18-15(20)4-3-8-21-18/h2-6,8,10,13,25H,1,7,9,11H2,(H,22,26)(H,23,27). The van der Waals surface area contributed by atoms with Gasteiger partial charge in [-0.1, -0.05) is 18.2 Å². The van der Waals surface area contributed by atoms with Crippen LogP contribution in [-0.4, -0.2) is 41.0 Å². The van der Waals surface area contributed by atoms with Crippen LogP contribution in [0, 0.1) is 0 Å². The molecule has 3 rings (SSSR count). The number of anilines is 2. The maximum absolute atomic E-state index is 12.6. The van der Waals surface area contributed by atoms with Gasteiger partial charge in [0, 0.05) is 31.0 Å². The van der Waals surface area contributed by atoms with Crippen molar-refractivity contribution in [2.24, 2.45) is 0 Å². The van der Waals surface area contributed by atoms with E-state index in [1.54, 1.807) is 18.3 Å². The van der Waals surface area contributed by atoms with Crippen LogP contribution in [0.25, 0.3) is 0 Å². The van der Waals surface area contributed by atoms with Gasteiger partial charge in [0.05, 0.1) is 10.6 Å². The van der Waals surface area contributed by atoms with E-state index in [1.165, 1.54) is 18.2 Å². The second-order valence-electron chi connectivity index (χ2n) is 6.14. The molecule has 1 aliphatic heterocycles.